The minimum atomic E-state index is -0.584. The second kappa shape index (κ2) is 4.51. The Hall–Kier alpha value is -1.58. The van der Waals surface area contributed by atoms with E-state index >= 15 is 0 Å². The number of carbonyl (C=O) groups excluding carboxylic acids is 2. The first-order valence-electron chi connectivity index (χ1n) is 4.47. The van der Waals surface area contributed by atoms with Crippen LogP contribution in [0, 0.1) is 0 Å². The van der Waals surface area contributed by atoms with E-state index in [4.69, 9.17) is 4.42 Å². The molecule has 82 valence electrons. The predicted octanol–water partition coefficient (Wildman–Crippen LogP) is 1.35. The van der Waals surface area contributed by atoms with E-state index in [1.165, 1.54) is 19.2 Å². The van der Waals surface area contributed by atoms with Gasteiger partial charge in [-0.15, -0.1) is 0 Å². The van der Waals surface area contributed by atoms with Crippen molar-refractivity contribution in [2.45, 2.75) is 0 Å². The molecule has 2 rings (SSSR count). The second-order valence-electron chi connectivity index (χ2n) is 3.00. The topological polar surface area (TPSA) is 56.5 Å². The number of ether oxygens (including phenoxy) is 1. The first-order valence-corrected chi connectivity index (χ1v) is 6.45. The van der Waals surface area contributed by atoms with E-state index < -0.39 is 5.97 Å². The monoisotopic (exact) mass is 284 g/mol. The number of ketones is 1. The Morgan fingerprint density at radius 1 is 1.25 bits per heavy atom. The zero-order chi connectivity index (χ0) is 11.5. The third-order valence-electron chi connectivity index (χ3n) is 2.00. The van der Waals surface area contributed by atoms with Gasteiger partial charge in [0.1, 0.15) is 0 Å². The van der Waals surface area contributed by atoms with Crippen molar-refractivity contribution < 1.29 is 18.7 Å². The molecular weight excluding hydrogens is 275 g/mol. The number of esters is 1. The molecule has 0 spiro atoms. The van der Waals surface area contributed by atoms with Crippen LogP contribution in [0.4, 0.5) is 0 Å². The number of hydrogen-bond acceptors (Lipinski definition) is 4. The van der Waals surface area contributed by atoms with Crippen LogP contribution in [0.3, 0.4) is 0 Å². The Morgan fingerprint density at radius 2 is 2.00 bits per heavy atom. The maximum absolute atomic E-state index is 11.8. The van der Waals surface area contributed by atoms with Crippen LogP contribution >= 0.6 is 0 Å². The van der Waals surface area contributed by atoms with Crippen molar-refractivity contribution in [2.75, 3.05) is 7.11 Å². The van der Waals surface area contributed by atoms with Gasteiger partial charge in [0.2, 0.25) is 0 Å². The molecule has 2 aromatic heterocycles. The van der Waals surface area contributed by atoms with Gasteiger partial charge in [0, 0.05) is 0 Å². The van der Waals surface area contributed by atoms with E-state index in [1.807, 2.05) is 9.88 Å². The Kier molecular flexibility index (Phi) is 3.08. The Bertz CT molecular complexity index is 510. The van der Waals surface area contributed by atoms with Gasteiger partial charge in [-0.05, 0) is 0 Å². The number of rotatable bonds is 3. The molecule has 0 saturated heterocycles. The molecule has 0 N–H and O–H groups in total. The molecule has 0 fully saturated rings. The Balaban J connectivity index is 2.26. The quantitative estimate of drug-likeness (QED) is 0.485. The standard InChI is InChI=1S/C11H8O4Se/c1-14-11(13)9-3-2-8(15-9)10(12)7-4-5-16-6-7/h2-6H,1H3. The van der Waals surface area contributed by atoms with Crippen molar-refractivity contribution in [1.29, 1.82) is 0 Å². The first-order chi connectivity index (χ1) is 7.72. The SMILES string of the molecule is COC(=O)c1ccc(C(=O)c2cc[se]c2)o1. The molecule has 0 aliphatic rings. The molecule has 2 heterocycles. The molecule has 0 atom stereocenters. The summed E-state index contributed by atoms with van der Waals surface area (Å²) < 4.78 is 9.60. The van der Waals surface area contributed by atoms with Gasteiger partial charge in [-0.3, -0.25) is 0 Å². The summed E-state index contributed by atoms with van der Waals surface area (Å²) in [5.41, 5.74) is 0.616. The number of methoxy groups -OCH3 is 1. The van der Waals surface area contributed by atoms with Gasteiger partial charge in [-0.2, -0.15) is 0 Å². The Labute approximate surface area is 97.6 Å². The van der Waals surface area contributed by atoms with Gasteiger partial charge < -0.3 is 0 Å². The zero-order valence-corrected chi connectivity index (χ0v) is 10.1. The number of furan rings is 1. The van der Waals surface area contributed by atoms with Gasteiger partial charge in [0.05, 0.1) is 0 Å². The normalized spacial score (nSPS) is 10.1. The molecule has 0 aliphatic carbocycles. The van der Waals surface area contributed by atoms with Gasteiger partial charge >= 0.3 is 97.3 Å². The van der Waals surface area contributed by atoms with Crippen LogP contribution in [0.15, 0.2) is 32.5 Å². The van der Waals surface area contributed by atoms with Crippen molar-refractivity contribution in [3.8, 4) is 0 Å². The van der Waals surface area contributed by atoms with Crippen molar-refractivity contribution in [3.63, 3.8) is 0 Å². The van der Waals surface area contributed by atoms with Crippen LogP contribution in [-0.2, 0) is 4.74 Å². The van der Waals surface area contributed by atoms with Crippen molar-refractivity contribution >= 4 is 26.3 Å². The van der Waals surface area contributed by atoms with Gasteiger partial charge in [-0.25, -0.2) is 0 Å². The summed E-state index contributed by atoms with van der Waals surface area (Å²) >= 11 is 0.253. The molecule has 0 unspecified atom stereocenters. The Morgan fingerprint density at radius 3 is 2.62 bits per heavy atom. The number of carbonyl (C=O) groups is 2. The van der Waals surface area contributed by atoms with Crippen molar-refractivity contribution in [3.05, 3.63) is 45.2 Å². The van der Waals surface area contributed by atoms with E-state index in [1.54, 1.807) is 6.07 Å². The van der Waals surface area contributed by atoms with E-state index in [2.05, 4.69) is 4.74 Å². The third kappa shape index (κ3) is 2.01. The third-order valence-corrected chi connectivity index (χ3v) is 3.43. The van der Waals surface area contributed by atoms with Gasteiger partial charge in [0.15, 0.2) is 0 Å². The molecule has 5 heteroatoms. The summed E-state index contributed by atoms with van der Waals surface area (Å²) in [6.07, 6.45) is 0. The summed E-state index contributed by atoms with van der Waals surface area (Å²) in [5.74, 6) is -0.585. The van der Waals surface area contributed by atoms with Gasteiger partial charge in [-0.1, -0.05) is 0 Å². The van der Waals surface area contributed by atoms with Crippen LogP contribution in [-0.4, -0.2) is 33.4 Å². The van der Waals surface area contributed by atoms with E-state index in [9.17, 15) is 9.59 Å². The molecule has 16 heavy (non-hydrogen) atoms. The molecule has 0 bridgehead atoms. The average Bonchev–Trinajstić information content (AvgIpc) is 2.97. The van der Waals surface area contributed by atoms with Crippen LogP contribution in [0.2, 0.25) is 0 Å². The summed E-state index contributed by atoms with van der Waals surface area (Å²) in [4.78, 5) is 26.8. The molecule has 0 aliphatic heterocycles. The fourth-order valence-corrected chi connectivity index (χ4v) is 2.54. The van der Waals surface area contributed by atoms with Crippen LogP contribution in [0.5, 0.6) is 0 Å². The minimum absolute atomic E-state index is 0.0407. The fraction of sp³-hybridized carbons (Fsp3) is 0.0909. The second-order valence-corrected chi connectivity index (χ2v) is 4.63. The van der Waals surface area contributed by atoms with Crippen molar-refractivity contribution in [1.82, 2.24) is 0 Å². The zero-order valence-electron chi connectivity index (χ0n) is 8.43. The molecule has 0 radical (unpaired) electrons. The molecule has 0 amide bonds. The summed E-state index contributed by atoms with van der Waals surface area (Å²) in [6, 6.07) is 4.68. The summed E-state index contributed by atoms with van der Waals surface area (Å²) in [6.45, 7) is 0. The van der Waals surface area contributed by atoms with Gasteiger partial charge in [0.25, 0.3) is 0 Å². The maximum atomic E-state index is 11.8. The fourth-order valence-electron chi connectivity index (χ4n) is 1.21. The van der Waals surface area contributed by atoms with E-state index in [-0.39, 0.29) is 31.8 Å². The summed E-state index contributed by atoms with van der Waals surface area (Å²) in [7, 11) is 1.26. The molecule has 0 aromatic carbocycles. The van der Waals surface area contributed by atoms with Crippen LogP contribution < -0.4 is 0 Å². The van der Waals surface area contributed by atoms with Crippen LogP contribution in [0.1, 0.15) is 26.7 Å². The predicted molar refractivity (Wildman–Crippen MR) is 56.9 cm³/mol. The average molecular weight is 283 g/mol. The number of hydrogen-bond donors (Lipinski definition) is 0. The van der Waals surface area contributed by atoms with E-state index in [0.29, 0.717) is 5.56 Å². The van der Waals surface area contributed by atoms with Crippen LogP contribution in [0.25, 0.3) is 0 Å². The van der Waals surface area contributed by atoms with E-state index in [0.717, 1.165) is 0 Å². The van der Waals surface area contributed by atoms with Crippen molar-refractivity contribution in [2.24, 2.45) is 0 Å². The summed E-state index contributed by atoms with van der Waals surface area (Å²) in [5, 5.41) is 0. The molecular formula is C11H8O4Se. The first kappa shape index (κ1) is 10.9. The molecule has 4 nitrogen and oxygen atoms in total. The molecule has 2 aromatic rings. The molecule has 0 saturated carbocycles.